The Morgan fingerprint density at radius 1 is 1.15 bits per heavy atom. The van der Waals surface area contributed by atoms with E-state index in [1.54, 1.807) is 0 Å². The van der Waals surface area contributed by atoms with Gasteiger partial charge in [0.1, 0.15) is 12.7 Å². The van der Waals surface area contributed by atoms with Crippen LogP contribution in [0.25, 0.3) is 0 Å². The lowest BCUT2D eigenvalue weighted by atomic mass is 9.88. The molecule has 1 saturated carbocycles. The van der Waals surface area contributed by atoms with Crippen molar-refractivity contribution in [3.8, 4) is 11.5 Å². The van der Waals surface area contributed by atoms with Gasteiger partial charge in [-0.05, 0) is 25.0 Å². The van der Waals surface area contributed by atoms with Crippen molar-refractivity contribution in [2.75, 3.05) is 13.2 Å². The maximum Gasteiger partial charge on any atom is 0.223 e. The lowest BCUT2D eigenvalue weighted by Gasteiger charge is -2.27. The van der Waals surface area contributed by atoms with E-state index >= 15 is 0 Å². The normalized spacial score (nSPS) is 22.3. The van der Waals surface area contributed by atoms with Gasteiger partial charge in [0, 0.05) is 5.92 Å². The number of rotatable bonds is 3. The van der Waals surface area contributed by atoms with Gasteiger partial charge in [0.05, 0.1) is 6.54 Å². The van der Waals surface area contributed by atoms with E-state index in [-0.39, 0.29) is 17.9 Å². The van der Waals surface area contributed by atoms with Gasteiger partial charge in [-0.25, -0.2) is 0 Å². The zero-order chi connectivity index (χ0) is 13.8. The van der Waals surface area contributed by atoms with E-state index in [4.69, 9.17) is 9.47 Å². The first kappa shape index (κ1) is 13.3. The van der Waals surface area contributed by atoms with Gasteiger partial charge in [-0.1, -0.05) is 31.4 Å². The Hall–Kier alpha value is -1.71. The summed E-state index contributed by atoms with van der Waals surface area (Å²) in [7, 11) is 0. The number of hydrogen-bond donors (Lipinski definition) is 1. The minimum atomic E-state index is -0.0996. The van der Waals surface area contributed by atoms with E-state index in [2.05, 4.69) is 5.32 Å². The minimum absolute atomic E-state index is 0.0996. The van der Waals surface area contributed by atoms with E-state index in [1.165, 1.54) is 19.3 Å². The van der Waals surface area contributed by atoms with Crippen LogP contribution in [0.15, 0.2) is 24.3 Å². The fourth-order valence-electron chi connectivity index (χ4n) is 2.89. The number of benzene rings is 1. The van der Waals surface area contributed by atoms with Crippen LogP contribution in [0.2, 0.25) is 0 Å². The largest absolute Gasteiger partial charge is 0.486 e. The molecule has 0 saturated heterocycles. The second-order valence-electron chi connectivity index (χ2n) is 5.58. The summed E-state index contributed by atoms with van der Waals surface area (Å²) in [4.78, 5) is 12.1. The molecule has 0 aromatic heterocycles. The molecule has 108 valence electrons. The Morgan fingerprint density at radius 2 is 1.90 bits per heavy atom. The van der Waals surface area contributed by atoms with Gasteiger partial charge in [0.2, 0.25) is 5.91 Å². The van der Waals surface area contributed by atoms with Crippen molar-refractivity contribution in [3.05, 3.63) is 24.3 Å². The minimum Gasteiger partial charge on any atom is -0.486 e. The lowest BCUT2D eigenvalue weighted by molar-refractivity contribution is -0.126. The Morgan fingerprint density at radius 3 is 2.70 bits per heavy atom. The van der Waals surface area contributed by atoms with Crippen LogP contribution < -0.4 is 14.8 Å². The van der Waals surface area contributed by atoms with Crippen LogP contribution in [0, 0.1) is 5.92 Å². The molecule has 1 N–H and O–H groups in total. The van der Waals surface area contributed by atoms with Gasteiger partial charge in [0.25, 0.3) is 0 Å². The molecule has 1 unspecified atom stereocenters. The first-order chi connectivity index (χ1) is 9.83. The average molecular weight is 275 g/mol. The lowest BCUT2D eigenvalue weighted by Crippen LogP contribution is -2.43. The molecule has 2 aliphatic rings. The molecule has 1 aromatic carbocycles. The summed E-state index contributed by atoms with van der Waals surface area (Å²) in [5, 5.41) is 3.01. The fraction of sp³-hybridized carbons (Fsp3) is 0.562. The third-order valence-corrected chi connectivity index (χ3v) is 4.05. The second kappa shape index (κ2) is 6.16. The van der Waals surface area contributed by atoms with Crippen LogP contribution in [0.3, 0.4) is 0 Å². The van der Waals surface area contributed by atoms with Crippen LogP contribution in [-0.4, -0.2) is 25.2 Å². The molecule has 0 spiro atoms. The molecule has 1 aliphatic carbocycles. The topological polar surface area (TPSA) is 47.6 Å². The third kappa shape index (κ3) is 3.06. The van der Waals surface area contributed by atoms with E-state index < -0.39 is 0 Å². The first-order valence-corrected chi connectivity index (χ1v) is 7.49. The summed E-state index contributed by atoms with van der Waals surface area (Å²) < 4.78 is 11.5. The average Bonchev–Trinajstić information content (AvgIpc) is 2.53. The number of carbonyl (C=O) groups is 1. The molecular weight excluding hydrogens is 254 g/mol. The number of carbonyl (C=O) groups excluding carboxylic acids is 1. The van der Waals surface area contributed by atoms with Gasteiger partial charge in [-0.2, -0.15) is 0 Å². The molecule has 0 bridgehead atoms. The molecule has 1 amide bonds. The standard InChI is InChI=1S/C16H21NO3/c18-16(12-6-2-1-3-7-12)17-10-13-11-19-14-8-4-5-9-15(14)20-13/h4-5,8-9,12-13H,1-3,6-7,10-11H2,(H,17,18). The Balaban J connectivity index is 1.49. The molecule has 20 heavy (non-hydrogen) atoms. The van der Waals surface area contributed by atoms with Crippen molar-refractivity contribution < 1.29 is 14.3 Å². The van der Waals surface area contributed by atoms with E-state index in [9.17, 15) is 4.79 Å². The number of hydrogen-bond acceptors (Lipinski definition) is 3. The molecular formula is C16H21NO3. The van der Waals surface area contributed by atoms with Gasteiger partial charge < -0.3 is 14.8 Å². The summed E-state index contributed by atoms with van der Waals surface area (Å²) in [6, 6.07) is 7.63. The zero-order valence-corrected chi connectivity index (χ0v) is 11.6. The Labute approximate surface area is 119 Å². The van der Waals surface area contributed by atoms with Gasteiger partial charge >= 0.3 is 0 Å². The van der Waals surface area contributed by atoms with Crippen LogP contribution in [0.1, 0.15) is 32.1 Å². The van der Waals surface area contributed by atoms with Crippen LogP contribution in [0.4, 0.5) is 0 Å². The van der Waals surface area contributed by atoms with Crippen LogP contribution in [0.5, 0.6) is 11.5 Å². The summed E-state index contributed by atoms with van der Waals surface area (Å²) in [5.41, 5.74) is 0. The molecule has 1 fully saturated rings. The van der Waals surface area contributed by atoms with Crippen molar-refractivity contribution in [2.24, 2.45) is 5.92 Å². The number of ether oxygens (including phenoxy) is 2. The summed E-state index contributed by atoms with van der Waals surface area (Å²) in [6.45, 7) is 1.01. The second-order valence-corrected chi connectivity index (χ2v) is 5.58. The van der Waals surface area contributed by atoms with E-state index in [0.717, 1.165) is 24.3 Å². The molecule has 1 aliphatic heterocycles. The fourth-order valence-corrected chi connectivity index (χ4v) is 2.89. The maximum absolute atomic E-state index is 12.1. The predicted octanol–water partition coefficient (Wildman–Crippen LogP) is 2.52. The van der Waals surface area contributed by atoms with E-state index in [1.807, 2.05) is 24.3 Å². The first-order valence-electron chi connectivity index (χ1n) is 7.49. The van der Waals surface area contributed by atoms with Crippen molar-refractivity contribution in [1.29, 1.82) is 0 Å². The van der Waals surface area contributed by atoms with Crippen molar-refractivity contribution >= 4 is 5.91 Å². The van der Waals surface area contributed by atoms with Crippen LogP contribution >= 0.6 is 0 Å². The SMILES string of the molecule is O=C(NCC1COc2ccccc2O1)C1CCCCC1. The Kier molecular flexibility index (Phi) is 4.09. The molecule has 3 rings (SSSR count). The van der Waals surface area contributed by atoms with Gasteiger partial charge in [-0.3, -0.25) is 4.79 Å². The Bertz CT molecular complexity index is 469. The number of para-hydroxylation sites is 2. The predicted molar refractivity (Wildman–Crippen MR) is 75.9 cm³/mol. The molecule has 1 aromatic rings. The quantitative estimate of drug-likeness (QED) is 0.922. The molecule has 0 radical (unpaired) electrons. The number of nitrogens with one attached hydrogen (secondary N) is 1. The van der Waals surface area contributed by atoms with E-state index in [0.29, 0.717) is 13.2 Å². The van der Waals surface area contributed by atoms with Crippen molar-refractivity contribution in [1.82, 2.24) is 5.32 Å². The highest BCUT2D eigenvalue weighted by molar-refractivity contribution is 5.78. The highest BCUT2D eigenvalue weighted by atomic mass is 16.6. The molecule has 4 heteroatoms. The summed E-state index contributed by atoms with van der Waals surface area (Å²) >= 11 is 0. The van der Waals surface area contributed by atoms with Gasteiger partial charge in [0.15, 0.2) is 11.5 Å². The number of amides is 1. The number of fused-ring (bicyclic) bond motifs is 1. The molecule has 1 atom stereocenters. The highest BCUT2D eigenvalue weighted by Gasteiger charge is 2.24. The molecule has 4 nitrogen and oxygen atoms in total. The van der Waals surface area contributed by atoms with Crippen LogP contribution in [-0.2, 0) is 4.79 Å². The maximum atomic E-state index is 12.1. The smallest absolute Gasteiger partial charge is 0.223 e. The zero-order valence-electron chi connectivity index (χ0n) is 11.6. The third-order valence-electron chi connectivity index (χ3n) is 4.05. The monoisotopic (exact) mass is 275 g/mol. The summed E-state index contributed by atoms with van der Waals surface area (Å²) in [6.07, 6.45) is 5.56. The summed E-state index contributed by atoms with van der Waals surface area (Å²) in [5.74, 6) is 1.91. The van der Waals surface area contributed by atoms with Crippen molar-refractivity contribution in [3.63, 3.8) is 0 Å². The van der Waals surface area contributed by atoms with Crippen molar-refractivity contribution in [2.45, 2.75) is 38.2 Å². The van der Waals surface area contributed by atoms with Gasteiger partial charge in [-0.15, -0.1) is 0 Å². The highest BCUT2D eigenvalue weighted by Crippen LogP contribution is 2.30. The molecule has 1 heterocycles.